The van der Waals surface area contributed by atoms with E-state index in [9.17, 15) is 0 Å². The predicted octanol–water partition coefficient (Wildman–Crippen LogP) is 3.81. The van der Waals surface area contributed by atoms with Crippen LogP contribution in [0.3, 0.4) is 0 Å². The van der Waals surface area contributed by atoms with E-state index in [4.69, 9.17) is 22.1 Å². The average Bonchev–Trinajstić information content (AvgIpc) is 2.32. The Balaban J connectivity index is 2.07. The summed E-state index contributed by atoms with van der Waals surface area (Å²) in [5.74, 6) is 0.712. The van der Waals surface area contributed by atoms with Crippen LogP contribution in [0.25, 0.3) is 0 Å². The number of nitrogen functional groups attached to an aromatic ring is 1. The highest BCUT2D eigenvalue weighted by molar-refractivity contribution is 6.32. The van der Waals surface area contributed by atoms with E-state index >= 15 is 0 Å². The van der Waals surface area contributed by atoms with Gasteiger partial charge in [-0.1, -0.05) is 29.8 Å². The van der Waals surface area contributed by atoms with Gasteiger partial charge in [-0.05, 0) is 42.3 Å². The van der Waals surface area contributed by atoms with Crippen LogP contribution in [0.2, 0.25) is 5.02 Å². The molecule has 0 radical (unpaired) electrons. The molecule has 0 aromatic heterocycles. The van der Waals surface area contributed by atoms with E-state index in [0.717, 1.165) is 16.8 Å². The van der Waals surface area contributed by atoms with E-state index in [1.165, 1.54) is 0 Å². The Labute approximate surface area is 106 Å². The van der Waals surface area contributed by atoms with Gasteiger partial charge in [-0.25, -0.2) is 0 Å². The second-order valence-electron chi connectivity index (χ2n) is 3.96. The summed E-state index contributed by atoms with van der Waals surface area (Å²) in [5.41, 5.74) is 8.56. The molecule has 2 aromatic carbocycles. The number of aryl methyl sites for hydroxylation is 1. The van der Waals surface area contributed by atoms with Crippen molar-refractivity contribution in [2.24, 2.45) is 0 Å². The molecular formula is C14H14ClNO. The quantitative estimate of drug-likeness (QED) is 0.837. The Morgan fingerprint density at radius 1 is 1.12 bits per heavy atom. The summed E-state index contributed by atoms with van der Waals surface area (Å²) in [5, 5.41) is 0.631. The highest BCUT2D eigenvalue weighted by Gasteiger charge is 2.02. The summed E-state index contributed by atoms with van der Waals surface area (Å²) in [6, 6.07) is 13.3. The van der Waals surface area contributed by atoms with Gasteiger partial charge in [0, 0.05) is 5.69 Å². The largest absolute Gasteiger partial charge is 0.487 e. The summed E-state index contributed by atoms with van der Waals surface area (Å²) >= 11 is 6.04. The van der Waals surface area contributed by atoms with Crippen LogP contribution < -0.4 is 10.5 Å². The number of hydrogen-bond donors (Lipinski definition) is 1. The van der Waals surface area contributed by atoms with E-state index in [-0.39, 0.29) is 0 Å². The van der Waals surface area contributed by atoms with Gasteiger partial charge in [0.25, 0.3) is 0 Å². The molecule has 3 heteroatoms. The maximum atomic E-state index is 6.04. The molecule has 0 atom stereocenters. The minimum atomic E-state index is 0.490. The van der Waals surface area contributed by atoms with Crippen molar-refractivity contribution in [1.82, 2.24) is 0 Å². The number of rotatable bonds is 3. The fourth-order valence-corrected chi connectivity index (χ4v) is 1.67. The lowest BCUT2D eigenvalue weighted by molar-refractivity contribution is 0.306. The van der Waals surface area contributed by atoms with E-state index in [1.807, 2.05) is 49.4 Å². The molecule has 2 aromatic rings. The van der Waals surface area contributed by atoms with Gasteiger partial charge in [-0.2, -0.15) is 0 Å². The topological polar surface area (TPSA) is 35.2 Å². The molecule has 2 nitrogen and oxygen atoms in total. The Kier molecular flexibility index (Phi) is 3.55. The van der Waals surface area contributed by atoms with Gasteiger partial charge in [-0.3, -0.25) is 0 Å². The van der Waals surface area contributed by atoms with Crippen LogP contribution in [-0.4, -0.2) is 0 Å². The molecule has 0 aliphatic carbocycles. The SMILES string of the molecule is Cc1ccc(Cl)c(OCc2ccc(N)cc2)c1. The molecule has 0 heterocycles. The molecule has 2 N–H and O–H groups in total. The first-order valence-electron chi connectivity index (χ1n) is 5.38. The van der Waals surface area contributed by atoms with Crippen molar-refractivity contribution in [1.29, 1.82) is 0 Å². The Hall–Kier alpha value is -1.67. The maximum absolute atomic E-state index is 6.04. The molecule has 0 spiro atoms. The summed E-state index contributed by atoms with van der Waals surface area (Å²) < 4.78 is 5.67. The van der Waals surface area contributed by atoms with Crippen molar-refractivity contribution in [3.63, 3.8) is 0 Å². The first kappa shape index (κ1) is 11.8. The van der Waals surface area contributed by atoms with Gasteiger partial charge in [0.1, 0.15) is 12.4 Å². The second-order valence-corrected chi connectivity index (χ2v) is 4.37. The van der Waals surface area contributed by atoms with Crippen molar-refractivity contribution in [3.05, 3.63) is 58.6 Å². The fourth-order valence-electron chi connectivity index (χ4n) is 1.50. The van der Waals surface area contributed by atoms with Crippen molar-refractivity contribution in [3.8, 4) is 5.75 Å². The summed E-state index contributed by atoms with van der Waals surface area (Å²) in [6.07, 6.45) is 0. The number of anilines is 1. The normalized spacial score (nSPS) is 10.2. The van der Waals surface area contributed by atoms with Crippen LogP contribution in [0.4, 0.5) is 5.69 Å². The van der Waals surface area contributed by atoms with Crippen molar-refractivity contribution in [2.75, 3.05) is 5.73 Å². The van der Waals surface area contributed by atoms with E-state index < -0.39 is 0 Å². The zero-order valence-electron chi connectivity index (χ0n) is 9.61. The smallest absolute Gasteiger partial charge is 0.138 e. The molecule has 0 aliphatic heterocycles. The molecule has 0 saturated heterocycles. The van der Waals surface area contributed by atoms with Crippen molar-refractivity contribution < 1.29 is 4.74 Å². The predicted molar refractivity (Wildman–Crippen MR) is 71.4 cm³/mol. The van der Waals surface area contributed by atoms with Crippen LogP contribution in [0.1, 0.15) is 11.1 Å². The van der Waals surface area contributed by atoms with Crippen LogP contribution in [0, 0.1) is 6.92 Å². The molecule has 0 bridgehead atoms. The molecule has 0 aliphatic rings. The van der Waals surface area contributed by atoms with Gasteiger partial charge in [0.2, 0.25) is 0 Å². The van der Waals surface area contributed by atoms with Crippen molar-refractivity contribution in [2.45, 2.75) is 13.5 Å². The molecule has 0 saturated carbocycles. The van der Waals surface area contributed by atoms with Gasteiger partial charge >= 0.3 is 0 Å². The number of halogens is 1. The van der Waals surface area contributed by atoms with E-state index in [2.05, 4.69) is 0 Å². The highest BCUT2D eigenvalue weighted by atomic mass is 35.5. The third-order valence-electron chi connectivity index (χ3n) is 2.46. The van der Waals surface area contributed by atoms with E-state index in [1.54, 1.807) is 0 Å². The van der Waals surface area contributed by atoms with E-state index in [0.29, 0.717) is 17.4 Å². The van der Waals surface area contributed by atoms with Crippen LogP contribution in [0.15, 0.2) is 42.5 Å². The second kappa shape index (κ2) is 5.11. The van der Waals surface area contributed by atoms with Crippen molar-refractivity contribution >= 4 is 17.3 Å². The van der Waals surface area contributed by atoms with Crippen LogP contribution >= 0.6 is 11.6 Å². The minimum Gasteiger partial charge on any atom is -0.487 e. The number of hydrogen-bond acceptors (Lipinski definition) is 2. The number of benzene rings is 2. The first-order chi connectivity index (χ1) is 8.15. The zero-order valence-corrected chi connectivity index (χ0v) is 10.4. The van der Waals surface area contributed by atoms with Crippen LogP contribution in [0.5, 0.6) is 5.75 Å². The lowest BCUT2D eigenvalue weighted by atomic mass is 10.2. The monoisotopic (exact) mass is 247 g/mol. The Morgan fingerprint density at radius 3 is 2.53 bits per heavy atom. The van der Waals surface area contributed by atoms with Gasteiger partial charge < -0.3 is 10.5 Å². The molecule has 88 valence electrons. The summed E-state index contributed by atoms with van der Waals surface area (Å²) in [4.78, 5) is 0. The Bertz CT molecular complexity index is 508. The first-order valence-corrected chi connectivity index (χ1v) is 5.76. The lowest BCUT2D eigenvalue weighted by Gasteiger charge is -2.09. The molecular weight excluding hydrogens is 234 g/mol. The van der Waals surface area contributed by atoms with Gasteiger partial charge in [0.05, 0.1) is 5.02 Å². The molecule has 2 rings (SSSR count). The average molecular weight is 248 g/mol. The van der Waals surface area contributed by atoms with Gasteiger partial charge in [0.15, 0.2) is 0 Å². The number of ether oxygens (including phenoxy) is 1. The summed E-state index contributed by atoms with van der Waals surface area (Å²) in [7, 11) is 0. The third-order valence-corrected chi connectivity index (χ3v) is 2.77. The fraction of sp³-hybridized carbons (Fsp3) is 0.143. The molecule has 0 amide bonds. The van der Waals surface area contributed by atoms with Gasteiger partial charge in [-0.15, -0.1) is 0 Å². The molecule has 0 fully saturated rings. The van der Waals surface area contributed by atoms with Crippen LogP contribution in [-0.2, 0) is 6.61 Å². The molecule has 17 heavy (non-hydrogen) atoms. The maximum Gasteiger partial charge on any atom is 0.138 e. The lowest BCUT2D eigenvalue weighted by Crippen LogP contribution is -1.96. The standard InChI is InChI=1S/C14H14ClNO/c1-10-2-7-13(15)14(8-10)17-9-11-3-5-12(16)6-4-11/h2-8H,9,16H2,1H3. The zero-order chi connectivity index (χ0) is 12.3. The highest BCUT2D eigenvalue weighted by Crippen LogP contribution is 2.26. The summed E-state index contributed by atoms with van der Waals surface area (Å²) in [6.45, 7) is 2.50. The minimum absolute atomic E-state index is 0.490. The number of nitrogens with two attached hydrogens (primary N) is 1. The Morgan fingerprint density at radius 2 is 1.82 bits per heavy atom. The molecule has 0 unspecified atom stereocenters. The third kappa shape index (κ3) is 3.14.